The molecule has 0 atom stereocenters. The van der Waals surface area contributed by atoms with Crippen LogP contribution in [0.2, 0.25) is 10.3 Å². The maximum absolute atomic E-state index is 12.1. The number of hydrogen-bond donors (Lipinski definition) is 1. The van der Waals surface area contributed by atoms with E-state index in [1.54, 1.807) is 0 Å². The molecule has 0 aromatic carbocycles. The highest BCUT2D eigenvalue weighted by Crippen LogP contribution is 2.27. The number of halogens is 3. The molecule has 0 bridgehead atoms. The molecule has 1 N–H and O–H groups in total. The molecule has 100 valence electrons. The first-order chi connectivity index (χ1) is 8.90. The Morgan fingerprint density at radius 2 is 1.95 bits per heavy atom. The van der Waals surface area contributed by atoms with Gasteiger partial charge in [-0.05, 0) is 34.1 Å². The van der Waals surface area contributed by atoms with Crippen LogP contribution in [0.25, 0.3) is 0 Å². The third-order valence-corrected chi connectivity index (χ3v) is 4.61. The minimum Gasteiger partial charge on any atom is -0.276 e. The van der Waals surface area contributed by atoms with E-state index in [0.717, 1.165) is 0 Å². The monoisotopic (exact) mass is 381 g/mol. The van der Waals surface area contributed by atoms with Crippen molar-refractivity contribution < 1.29 is 8.42 Å². The summed E-state index contributed by atoms with van der Waals surface area (Å²) in [5, 5.41) is -0.0825. The van der Waals surface area contributed by atoms with Gasteiger partial charge in [0.1, 0.15) is 10.0 Å². The summed E-state index contributed by atoms with van der Waals surface area (Å²) in [6.07, 6.45) is 2.85. The number of nitrogens with zero attached hydrogens (tertiary/aromatic N) is 2. The third-order valence-electron chi connectivity index (χ3n) is 2.06. The van der Waals surface area contributed by atoms with Crippen LogP contribution in [0.4, 0.5) is 5.69 Å². The lowest BCUT2D eigenvalue weighted by molar-refractivity contribution is 0.601. The molecule has 9 heteroatoms. The summed E-state index contributed by atoms with van der Waals surface area (Å²) >= 11 is 14.8. The molecule has 5 nitrogen and oxygen atoms in total. The fourth-order valence-electron chi connectivity index (χ4n) is 1.27. The van der Waals surface area contributed by atoms with Crippen molar-refractivity contribution in [2.24, 2.45) is 0 Å². The summed E-state index contributed by atoms with van der Waals surface area (Å²) in [4.78, 5) is 7.41. The van der Waals surface area contributed by atoms with Crippen molar-refractivity contribution in [2.45, 2.75) is 4.90 Å². The summed E-state index contributed by atoms with van der Waals surface area (Å²) in [5.41, 5.74) is 0.149. The second-order valence-electron chi connectivity index (χ2n) is 3.39. The molecule has 0 unspecified atom stereocenters. The number of sulfonamides is 1. The molecule has 0 spiro atoms. The zero-order valence-corrected chi connectivity index (χ0v) is 13.1. The Morgan fingerprint density at radius 1 is 1.21 bits per heavy atom. The van der Waals surface area contributed by atoms with Crippen LogP contribution in [0, 0.1) is 0 Å². The molecule has 0 amide bonds. The molecule has 2 rings (SSSR count). The zero-order valence-electron chi connectivity index (χ0n) is 9.14. The summed E-state index contributed by atoms with van der Waals surface area (Å²) in [6.45, 7) is 0. The minimum absolute atomic E-state index is 0.0341. The van der Waals surface area contributed by atoms with Gasteiger partial charge in [-0.1, -0.05) is 23.2 Å². The van der Waals surface area contributed by atoms with Gasteiger partial charge in [0, 0.05) is 16.9 Å². The predicted molar refractivity (Wildman–Crippen MR) is 77.0 cm³/mol. The molecule has 0 saturated heterocycles. The van der Waals surface area contributed by atoms with Crippen molar-refractivity contribution in [1.82, 2.24) is 9.97 Å². The van der Waals surface area contributed by atoms with Crippen LogP contribution in [-0.4, -0.2) is 18.4 Å². The normalized spacial score (nSPS) is 11.3. The smallest absolute Gasteiger partial charge is 0.265 e. The van der Waals surface area contributed by atoms with Crippen molar-refractivity contribution in [3.8, 4) is 0 Å². The first kappa shape index (κ1) is 14.5. The molecule has 19 heavy (non-hydrogen) atoms. The van der Waals surface area contributed by atoms with Gasteiger partial charge >= 0.3 is 0 Å². The third kappa shape index (κ3) is 3.36. The van der Waals surface area contributed by atoms with Crippen molar-refractivity contribution in [2.75, 3.05) is 4.72 Å². The Hall–Kier alpha value is -0.890. The number of nitrogens with one attached hydrogen (secondary N) is 1. The molecule has 2 heterocycles. The summed E-state index contributed by atoms with van der Waals surface area (Å²) < 4.78 is 27.2. The quantitative estimate of drug-likeness (QED) is 0.826. The second kappa shape index (κ2) is 5.62. The molecule has 0 aliphatic rings. The second-order valence-corrected chi connectivity index (χ2v) is 6.67. The van der Waals surface area contributed by atoms with Gasteiger partial charge in [0.25, 0.3) is 10.0 Å². The maximum atomic E-state index is 12.1. The zero-order chi connectivity index (χ0) is 14.0. The van der Waals surface area contributed by atoms with Gasteiger partial charge < -0.3 is 0 Å². The van der Waals surface area contributed by atoms with Gasteiger partial charge in [-0.2, -0.15) is 0 Å². The van der Waals surface area contributed by atoms with Crippen LogP contribution >= 0.6 is 39.1 Å². The van der Waals surface area contributed by atoms with Crippen molar-refractivity contribution >= 4 is 54.8 Å². The van der Waals surface area contributed by atoms with E-state index in [1.807, 2.05) is 0 Å². The number of pyridine rings is 2. The van der Waals surface area contributed by atoms with Crippen LogP contribution in [0.3, 0.4) is 0 Å². The topological polar surface area (TPSA) is 72.0 Å². The SMILES string of the molecule is O=S(=O)(Nc1cc(Br)cnc1Cl)c1cccnc1Cl. The number of rotatable bonds is 3. The Bertz CT molecular complexity index is 724. The molecule has 2 aromatic heterocycles. The molecular formula is C10H6BrCl2N3O2S. The molecule has 0 aliphatic heterocycles. The van der Waals surface area contributed by atoms with E-state index in [2.05, 4.69) is 30.6 Å². The Labute approximate surface area is 128 Å². The van der Waals surface area contributed by atoms with Crippen LogP contribution in [0.1, 0.15) is 0 Å². The molecule has 0 saturated carbocycles. The fraction of sp³-hybridized carbons (Fsp3) is 0. The summed E-state index contributed by atoms with van der Waals surface area (Å²) in [6, 6.07) is 4.31. The predicted octanol–water partition coefficient (Wildman–Crippen LogP) is 3.35. The van der Waals surface area contributed by atoms with Gasteiger partial charge in [-0.25, -0.2) is 18.4 Å². The maximum Gasteiger partial charge on any atom is 0.265 e. The highest BCUT2D eigenvalue weighted by molar-refractivity contribution is 9.10. The Balaban J connectivity index is 2.43. The highest BCUT2D eigenvalue weighted by Gasteiger charge is 2.20. The Kier molecular flexibility index (Phi) is 4.29. The van der Waals surface area contributed by atoms with Gasteiger partial charge in [0.05, 0.1) is 5.69 Å². The van der Waals surface area contributed by atoms with E-state index >= 15 is 0 Å². The van der Waals surface area contributed by atoms with Crippen molar-refractivity contribution in [1.29, 1.82) is 0 Å². The number of anilines is 1. The van der Waals surface area contributed by atoms with Crippen LogP contribution in [0.15, 0.2) is 40.0 Å². The van der Waals surface area contributed by atoms with Gasteiger partial charge in [0.15, 0.2) is 5.15 Å². The van der Waals surface area contributed by atoms with Crippen LogP contribution < -0.4 is 4.72 Å². The van der Waals surface area contributed by atoms with E-state index in [0.29, 0.717) is 4.47 Å². The first-order valence-corrected chi connectivity index (χ1v) is 7.88. The largest absolute Gasteiger partial charge is 0.276 e. The molecule has 0 fully saturated rings. The Morgan fingerprint density at radius 3 is 2.63 bits per heavy atom. The standard InChI is InChI=1S/C10H6BrCl2N3O2S/c11-6-4-7(9(12)15-5-6)16-19(17,18)8-2-1-3-14-10(8)13/h1-5,16H. The first-order valence-electron chi connectivity index (χ1n) is 4.84. The summed E-state index contributed by atoms with van der Waals surface area (Å²) in [5.74, 6) is 0. The van der Waals surface area contributed by atoms with Crippen molar-refractivity contribution in [3.63, 3.8) is 0 Å². The average molecular weight is 383 g/mol. The van der Waals surface area contributed by atoms with E-state index < -0.39 is 10.0 Å². The molecule has 0 radical (unpaired) electrons. The van der Waals surface area contributed by atoms with Gasteiger partial charge in [-0.3, -0.25) is 4.72 Å². The lowest BCUT2D eigenvalue weighted by Gasteiger charge is -2.09. The lowest BCUT2D eigenvalue weighted by atomic mass is 10.4. The van der Waals surface area contributed by atoms with Crippen molar-refractivity contribution in [3.05, 3.63) is 45.4 Å². The fourth-order valence-corrected chi connectivity index (χ4v) is 3.31. The van der Waals surface area contributed by atoms with E-state index in [4.69, 9.17) is 23.2 Å². The number of hydrogen-bond acceptors (Lipinski definition) is 4. The van der Waals surface area contributed by atoms with E-state index in [-0.39, 0.29) is 20.9 Å². The lowest BCUT2D eigenvalue weighted by Crippen LogP contribution is -2.14. The molecular weight excluding hydrogens is 377 g/mol. The minimum atomic E-state index is -3.87. The van der Waals surface area contributed by atoms with E-state index in [9.17, 15) is 8.42 Å². The summed E-state index contributed by atoms with van der Waals surface area (Å²) in [7, 11) is -3.87. The van der Waals surface area contributed by atoms with Gasteiger partial charge in [0.2, 0.25) is 0 Å². The highest BCUT2D eigenvalue weighted by atomic mass is 79.9. The average Bonchev–Trinajstić information content (AvgIpc) is 2.34. The van der Waals surface area contributed by atoms with E-state index in [1.165, 1.54) is 30.6 Å². The molecule has 0 aliphatic carbocycles. The molecule has 2 aromatic rings. The van der Waals surface area contributed by atoms with Gasteiger partial charge in [-0.15, -0.1) is 0 Å². The van der Waals surface area contributed by atoms with Crippen LogP contribution in [-0.2, 0) is 10.0 Å². The van der Waals surface area contributed by atoms with Crippen LogP contribution in [0.5, 0.6) is 0 Å². The number of aromatic nitrogens is 2.